The number of halogens is 1. The Balaban J connectivity index is 1.92. The van der Waals surface area contributed by atoms with Crippen molar-refractivity contribution in [2.24, 2.45) is 0 Å². The van der Waals surface area contributed by atoms with E-state index in [1.807, 2.05) is 24.3 Å². The Morgan fingerprint density at radius 2 is 2.04 bits per heavy atom. The van der Waals surface area contributed by atoms with Crippen molar-refractivity contribution in [3.8, 4) is 5.75 Å². The summed E-state index contributed by atoms with van der Waals surface area (Å²) in [5, 5.41) is 3.32. The molecular formula is C18H17ClN2O3. The lowest BCUT2D eigenvalue weighted by atomic mass is 9.89. The third kappa shape index (κ3) is 2.95. The quantitative estimate of drug-likeness (QED) is 0.928. The topological polar surface area (TPSA) is 58.6 Å². The highest BCUT2D eigenvalue weighted by Crippen LogP contribution is 2.36. The maximum atomic E-state index is 12.8. The van der Waals surface area contributed by atoms with Gasteiger partial charge < -0.3 is 15.0 Å². The summed E-state index contributed by atoms with van der Waals surface area (Å²) < 4.78 is 5.25. The monoisotopic (exact) mass is 344 g/mol. The Morgan fingerprint density at radius 3 is 2.79 bits per heavy atom. The molecule has 0 aromatic heterocycles. The Bertz CT molecular complexity index is 807. The Labute approximate surface area is 145 Å². The zero-order valence-electron chi connectivity index (χ0n) is 13.4. The molecule has 0 saturated carbocycles. The summed E-state index contributed by atoms with van der Waals surface area (Å²) in [6.45, 7) is 0. The average Bonchev–Trinajstić information content (AvgIpc) is 2.58. The van der Waals surface area contributed by atoms with Gasteiger partial charge in [0.1, 0.15) is 5.75 Å². The van der Waals surface area contributed by atoms with Crippen molar-refractivity contribution in [3.05, 3.63) is 53.1 Å². The van der Waals surface area contributed by atoms with Gasteiger partial charge in [0.25, 0.3) is 0 Å². The molecule has 2 amide bonds. The highest BCUT2D eigenvalue weighted by Gasteiger charge is 2.33. The minimum absolute atomic E-state index is 0.0908. The fourth-order valence-electron chi connectivity index (χ4n) is 2.88. The number of ether oxygens (including phenoxy) is 1. The van der Waals surface area contributed by atoms with Crippen LogP contribution >= 0.6 is 11.6 Å². The van der Waals surface area contributed by atoms with E-state index in [1.54, 1.807) is 30.1 Å². The van der Waals surface area contributed by atoms with Crippen molar-refractivity contribution in [1.82, 2.24) is 0 Å². The van der Waals surface area contributed by atoms with Crippen LogP contribution in [-0.4, -0.2) is 26.0 Å². The summed E-state index contributed by atoms with van der Waals surface area (Å²) >= 11 is 6.00. The number of fused-ring (bicyclic) bond motifs is 1. The third-order valence-corrected chi connectivity index (χ3v) is 4.40. The molecule has 0 saturated heterocycles. The van der Waals surface area contributed by atoms with E-state index in [1.165, 1.54) is 7.11 Å². The molecule has 1 unspecified atom stereocenters. The minimum Gasteiger partial charge on any atom is -0.495 e. The van der Waals surface area contributed by atoms with Crippen LogP contribution in [0.25, 0.3) is 0 Å². The van der Waals surface area contributed by atoms with Gasteiger partial charge in [-0.05, 0) is 29.8 Å². The van der Waals surface area contributed by atoms with Crippen molar-refractivity contribution in [1.29, 1.82) is 0 Å². The van der Waals surface area contributed by atoms with E-state index < -0.39 is 5.92 Å². The molecule has 1 heterocycles. The number of hydrogen-bond acceptors (Lipinski definition) is 3. The van der Waals surface area contributed by atoms with E-state index in [0.29, 0.717) is 16.5 Å². The third-order valence-electron chi connectivity index (χ3n) is 4.16. The molecule has 1 N–H and O–H groups in total. The van der Waals surface area contributed by atoms with Gasteiger partial charge in [0.2, 0.25) is 11.8 Å². The number of benzene rings is 2. The average molecular weight is 345 g/mol. The molecule has 1 aliphatic rings. The van der Waals surface area contributed by atoms with Crippen molar-refractivity contribution in [2.45, 2.75) is 12.3 Å². The van der Waals surface area contributed by atoms with Gasteiger partial charge in [-0.3, -0.25) is 9.59 Å². The van der Waals surface area contributed by atoms with Crippen LogP contribution in [0.2, 0.25) is 5.02 Å². The zero-order chi connectivity index (χ0) is 17.3. The summed E-state index contributed by atoms with van der Waals surface area (Å²) in [6, 6.07) is 12.4. The predicted octanol–water partition coefficient (Wildman–Crippen LogP) is 3.44. The van der Waals surface area contributed by atoms with E-state index in [4.69, 9.17) is 16.3 Å². The summed E-state index contributed by atoms with van der Waals surface area (Å²) in [4.78, 5) is 26.6. The van der Waals surface area contributed by atoms with Crippen LogP contribution in [0.3, 0.4) is 0 Å². The van der Waals surface area contributed by atoms with E-state index in [0.717, 1.165) is 11.3 Å². The summed E-state index contributed by atoms with van der Waals surface area (Å²) in [7, 11) is 3.24. The number of carbonyl (C=O) groups excluding carboxylic acids is 2. The first-order valence-corrected chi connectivity index (χ1v) is 7.89. The molecule has 124 valence electrons. The van der Waals surface area contributed by atoms with Crippen LogP contribution < -0.4 is 15.0 Å². The summed E-state index contributed by atoms with van der Waals surface area (Å²) in [5.74, 6) is -0.384. The Hall–Kier alpha value is -2.53. The van der Waals surface area contributed by atoms with Crippen molar-refractivity contribution < 1.29 is 14.3 Å². The molecule has 24 heavy (non-hydrogen) atoms. The maximum Gasteiger partial charge on any atom is 0.232 e. The van der Waals surface area contributed by atoms with Crippen LogP contribution in [0, 0.1) is 0 Å². The number of nitrogens with one attached hydrogen (secondary N) is 1. The van der Waals surface area contributed by atoms with Crippen molar-refractivity contribution >= 4 is 34.8 Å². The maximum absolute atomic E-state index is 12.8. The van der Waals surface area contributed by atoms with Gasteiger partial charge in [-0.1, -0.05) is 29.8 Å². The van der Waals surface area contributed by atoms with Crippen molar-refractivity contribution in [3.63, 3.8) is 0 Å². The fourth-order valence-corrected chi connectivity index (χ4v) is 3.05. The van der Waals surface area contributed by atoms with Gasteiger partial charge in [-0.2, -0.15) is 0 Å². The van der Waals surface area contributed by atoms with E-state index in [9.17, 15) is 9.59 Å². The fraction of sp³-hybridized carbons (Fsp3) is 0.222. The largest absolute Gasteiger partial charge is 0.495 e. The van der Waals surface area contributed by atoms with E-state index in [-0.39, 0.29) is 18.2 Å². The Kier molecular flexibility index (Phi) is 4.44. The molecule has 1 atom stereocenters. The summed E-state index contributed by atoms with van der Waals surface area (Å²) in [6.07, 6.45) is 0.127. The number of methoxy groups -OCH3 is 1. The van der Waals surface area contributed by atoms with Gasteiger partial charge in [0, 0.05) is 24.2 Å². The normalized spacial score (nSPS) is 16.5. The smallest absolute Gasteiger partial charge is 0.232 e. The van der Waals surface area contributed by atoms with Crippen LogP contribution in [0.15, 0.2) is 42.5 Å². The molecule has 6 heteroatoms. The molecule has 1 aliphatic heterocycles. The summed E-state index contributed by atoms with van der Waals surface area (Å²) in [5.41, 5.74) is 2.07. The van der Waals surface area contributed by atoms with Crippen LogP contribution in [0.5, 0.6) is 5.75 Å². The lowest BCUT2D eigenvalue weighted by Gasteiger charge is -2.31. The number of amides is 2. The van der Waals surface area contributed by atoms with Crippen LogP contribution in [-0.2, 0) is 9.59 Å². The SMILES string of the molecule is COc1ccc(Cl)cc1NC(=O)C1CC(=O)N(C)c2ccccc21. The Morgan fingerprint density at radius 1 is 1.29 bits per heavy atom. The highest BCUT2D eigenvalue weighted by molar-refractivity contribution is 6.31. The first-order chi connectivity index (χ1) is 11.5. The van der Waals surface area contributed by atoms with Gasteiger partial charge in [0.15, 0.2) is 0 Å². The van der Waals surface area contributed by atoms with Gasteiger partial charge in [0.05, 0.1) is 18.7 Å². The number of anilines is 2. The lowest BCUT2D eigenvalue weighted by Crippen LogP contribution is -2.37. The number of carbonyl (C=O) groups is 2. The molecule has 0 radical (unpaired) electrons. The zero-order valence-corrected chi connectivity index (χ0v) is 14.1. The standard InChI is InChI=1S/C18H17ClN2O3/c1-21-15-6-4-3-5-12(15)13(10-17(21)22)18(23)20-14-9-11(19)7-8-16(14)24-2/h3-9,13H,10H2,1-2H3,(H,20,23). The second-order valence-electron chi connectivity index (χ2n) is 5.60. The number of hydrogen-bond donors (Lipinski definition) is 1. The second kappa shape index (κ2) is 6.53. The predicted molar refractivity (Wildman–Crippen MR) is 93.8 cm³/mol. The number of para-hydroxylation sites is 1. The molecule has 2 aromatic carbocycles. The highest BCUT2D eigenvalue weighted by atomic mass is 35.5. The number of rotatable bonds is 3. The van der Waals surface area contributed by atoms with Gasteiger partial charge in [-0.25, -0.2) is 0 Å². The van der Waals surface area contributed by atoms with E-state index in [2.05, 4.69) is 5.32 Å². The van der Waals surface area contributed by atoms with Gasteiger partial charge >= 0.3 is 0 Å². The van der Waals surface area contributed by atoms with Crippen LogP contribution in [0.1, 0.15) is 17.9 Å². The second-order valence-corrected chi connectivity index (χ2v) is 6.04. The van der Waals surface area contributed by atoms with Crippen LogP contribution in [0.4, 0.5) is 11.4 Å². The molecule has 5 nitrogen and oxygen atoms in total. The van der Waals surface area contributed by atoms with Crippen molar-refractivity contribution in [2.75, 3.05) is 24.4 Å². The first kappa shape index (κ1) is 16.3. The lowest BCUT2D eigenvalue weighted by molar-refractivity contribution is -0.124. The molecular weight excluding hydrogens is 328 g/mol. The molecule has 0 aliphatic carbocycles. The molecule has 0 bridgehead atoms. The molecule has 0 fully saturated rings. The minimum atomic E-state index is -0.548. The van der Waals surface area contributed by atoms with E-state index >= 15 is 0 Å². The molecule has 3 rings (SSSR count). The molecule has 0 spiro atoms. The first-order valence-electron chi connectivity index (χ1n) is 7.51. The molecule has 2 aromatic rings. The van der Waals surface area contributed by atoms with Gasteiger partial charge in [-0.15, -0.1) is 0 Å². The number of nitrogens with zero attached hydrogens (tertiary/aromatic N) is 1.